The van der Waals surface area contributed by atoms with E-state index in [1.807, 2.05) is 4.90 Å². The van der Waals surface area contributed by atoms with Crippen molar-refractivity contribution in [1.29, 1.82) is 0 Å². The van der Waals surface area contributed by atoms with E-state index in [4.69, 9.17) is 11.6 Å². The van der Waals surface area contributed by atoms with Crippen LogP contribution in [0.5, 0.6) is 0 Å². The zero-order valence-electron chi connectivity index (χ0n) is 8.73. The normalized spacial score (nSPS) is 43.3. The molecule has 2 fully saturated rings. The third-order valence-electron chi connectivity index (χ3n) is 4.04. The van der Waals surface area contributed by atoms with Gasteiger partial charge in [-0.25, -0.2) is 0 Å². The summed E-state index contributed by atoms with van der Waals surface area (Å²) >= 11 is 5.99. The molecule has 3 heteroatoms. The Kier molecular flexibility index (Phi) is 2.27. The first-order chi connectivity index (χ1) is 7.22. The van der Waals surface area contributed by atoms with Crippen molar-refractivity contribution >= 4 is 17.5 Å². The van der Waals surface area contributed by atoms with Crippen molar-refractivity contribution in [2.45, 2.75) is 24.6 Å². The summed E-state index contributed by atoms with van der Waals surface area (Å²) < 4.78 is 0. The van der Waals surface area contributed by atoms with Crippen LogP contribution in [0.1, 0.15) is 19.3 Å². The van der Waals surface area contributed by atoms with E-state index in [2.05, 4.69) is 12.2 Å². The molecule has 0 radical (unpaired) electrons. The van der Waals surface area contributed by atoms with Crippen molar-refractivity contribution in [3.05, 3.63) is 12.2 Å². The summed E-state index contributed by atoms with van der Waals surface area (Å²) in [7, 11) is 0. The smallest absolute Gasteiger partial charge is 0.224 e. The lowest BCUT2D eigenvalue weighted by Crippen LogP contribution is -2.32. The fourth-order valence-corrected chi connectivity index (χ4v) is 3.59. The molecule has 4 unspecified atom stereocenters. The van der Waals surface area contributed by atoms with Gasteiger partial charge in [0.15, 0.2) is 0 Å². The third-order valence-corrected chi connectivity index (χ3v) is 4.33. The van der Waals surface area contributed by atoms with Crippen molar-refractivity contribution in [3.63, 3.8) is 0 Å². The quantitative estimate of drug-likeness (QED) is 0.520. The molecule has 3 aliphatic rings. The molecule has 1 heterocycles. The van der Waals surface area contributed by atoms with Gasteiger partial charge in [-0.05, 0) is 30.6 Å². The molecule has 15 heavy (non-hydrogen) atoms. The number of hydrogen-bond acceptors (Lipinski definition) is 1. The Labute approximate surface area is 95.3 Å². The highest BCUT2D eigenvalue weighted by Gasteiger charge is 2.38. The van der Waals surface area contributed by atoms with Crippen molar-refractivity contribution < 1.29 is 4.79 Å². The molecule has 2 nitrogen and oxygen atoms in total. The van der Waals surface area contributed by atoms with E-state index < -0.39 is 0 Å². The summed E-state index contributed by atoms with van der Waals surface area (Å²) in [6.45, 7) is 1.70. The van der Waals surface area contributed by atoms with Gasteiger partial charge in [0, 0.05) is 19.5 Å². The van der Waals surface area contributed by atoms with Crippen LogP contribution in [0.15, 0.2) is 12.2 Å². The summed E-state index contributed by atoms with van der Waals surface area (Å²) in [6.07, 6.45) is 7.82. The molecule has 3 rings (SSSR count). The van der Waals surface area contributed by atoms with Gasteiger partial charge in [-0.15, -0.1) is 11.6 Å². The van der Waals surface area contributed by atoms with Crippen LogP contribution in [0.2, 0.25) is 0 Å². The van der Waals surface area contributed by atoms with E-state index in [9.17, 15) is 4.79 Å². The Balaban J connectivity index is 1.62. The van der Waals surface area contributed by atoms with Crippen LogP contribution in [0.25, 0.3) is 0 Å². The largest absolute Gasteiger partial charge is 0.341 e. The van der Waals surface area contributed by atoms with Crippen LogP contribution in [0.4, 0.5) is 0 Å². The molecule has 0 aromatic rings. The van der Waals surface area contributed by atoms with Gasteiger partial charge in [-0.3, -0.25) is 4.79 Å². The summed E-state index contributed by atoms with van der Waals surface area (Å²) in [5.41, 5.74) is 0. The standard InChI is InChI=1S/C12H16ClNO/c13-11-5-12(15)14(7-11)6-10-4-8-1-2-9(10)3-8/h1-2,8-11H,3-7H2. The first kappa shape index (κ1) is 9.71. The van der Waals surface area contributed by atoms with Crippen LogP contribution in [-0.2, 0) is 4.79 Å². The molecule has 1 saturated heterocycles. The van der Waals surface area contributed by atoms with Crippen molar-refractivity contribution in [3.8, 4) is 0 Å². The van der Waals surface area contributed by atoms with Crippen molar-refractivity contribution in [1.82, 2.24) is 4.90 Å². The summed E-state index contributed by atoms with van der Waals surface area (Å²) in [5.74, 6) is 2.48. The molecule has 2 bridgehead atoms. The molecule has 4 atom stereocenters. The highest BCUT2D eigenvalue weighted by atomic mass is 35.5. The number of hydrogen-bond donors (Lipinski definition) is 0. The minimum atomic E-state index is 0.0478. The first-order valence-corrected chi connectivity index (χ1v) is 6.26. The van der Waals surface area contributed by atoms with Gasteiger partial charge in [0.2, 0.25) is 5.91 Å². The fraction of sp³-hybridized carbons (Fsp3) is 0.750. The number of rotatable bonds is 2. The Morgan fingerprint density at radius 3 is 2.80 bits per heavy atom. The van der Waals surface area contributed by atoms with E-state index >= 15 is 0 Å². The van der Waals surface area contributed by atoms with Crippen LogP contribution < -0.4 is 0 Å². The van der Waals surface area contributed by atoms with E-state index in [0.29, 0.717) is 12.3 Å². The zero-order valence-corrected chi connectivity index (χ0v) is 9.49. The molecule has 2 aliphatic carbocycles. The lowest BCUT2D eigenvalue weighted by atomic mass is 9.93. The number of alkyl halides is 1. The number of nitrogens with zero attached hydrogens (tertiary/aromatic N) is 1. The summed E-state index contributed by atoms with van der Waals surface area (Å²) in [5, 5.41) is 0.0478. The number of carbonyl (C=O) groups is 1. The lowest BCUT2D eigenvalue weighted by molar-refractivity contribution is -0.128. The maximum atomic E-state index is 11.6. The monoisotopic (exact) mass is 225 g/mol. The second-order valence-corrected chi connectivity index (χ2v) is 5.76. The molecule has 1 saturated carbocycles. The molecule has 1 amide bonds. The van der Waals surface area contributed by atoms with Crippen LogP contribution in [0, 0.1) is 17.8 Å². The predicted molar refractivity (Wildman–Crippen MR) is 59.7 cm³/mol. The fourth-order valence-electron chi connectivity index (χ4n) is 3.29. The molecule has 82 valence electrons. The van der Waals surface area contributed by atoms with Crippen LogP contribution in [0.3, 0.4) is 0 Å². The average Bonchev–Trinajstić information content (AvgIpc) is 2.83. The van der Waals surface area contributed by atoms with Crippen molar-refractivity contribution in [2.24, 2.45) is 17.8 Å². The first-order valence-electron chi connectivity index (χ1n) is 5.82. The third kappa shape index (κ3) is 1.69. The van der Waals surface area contributed by atoms with Gasteiger partial charge in [-0.2, -0.15) is 0 Å². The van der Waals surface area contributed by atoms with Crippen LogP contribution >= 0.6 is 11.6 Å². The second kappa shape index (κ2) is 3.51. The molecule has 0 aromatic carbocycles. The minimum Gasteiger partial charge on any atom is -0.341 e. The van der Waals surface area contributed by atoms with Gasteiger partial charge in [-0.1, -0.05) is 12.2 Å². The number of amides is 1. The van der Waals surface area contributed by atoms with E-state index in [1.165, 1.54) is 12.8 Å². The number of carbonyl (C=O) groups excluding carboxylic acids is 1. The molecular formula is C12H16ClNO. The van der Waals surface area contributed by atoms with Crippen molar-refractivity contribution in [2.75, 3.05) is 13.1 Å². The second-order valence-electron chi connectivity index (χ2n) is 5.14. The number of fused-ring (bicyclic) bond motifs is 2. The lowest BCUT2D eigenvalue weighted by Gasteiger charge is -2.24. The number of likely N-dealkylation sites (tertiary alicyclic amines) is 1. The Hall–Kier alpha value is -0.500. The van der Waals surface area contributed by atoms with E-state index in [-0.39, 0.29) is 11.3 Å². The number of allylic oxidation sites excluding steroid dienone is 2. The average molecular weight is 226 g/mol. The molecule has 0 aromatic heterocycles. The van der Waals surface area contributed by atoms with E-state index in [0.717, 1.165) is 24.9 Å². The molecule has 0 spiro atoms. The van der Waals surface area contributed by atoms with Gasteiger partial charge in [0.05, 0.1) is 5.38 Å². The van der Waals surface area contributed by atoms with Gasteiger partial charge < -0.3 is 4.90 Å². The summed E-state index contributed by atoms with van der Waals surface area (Å²) in [4.78, 5) is 13.6. The topological polar surface area (TPSA) is 20.3 Å². The maximum Gasteiger partial charge on any atom is 0.224 e. The number of halogens is 1. The zero-order chi connectivity index (χ0) is 10.4. The highest BCUT2D eigenvalue weighted by Crippen LogP contribution is 2.44. The molecular weight excluding hydrogens is 210 g/mol. The minimum absolute atomic E-state index is 0.0478. The SMILES string of the molecule is O=C1CC(Cl)CN1CC1CC2C=CC1C2. The van der Waals surface area contributed by atoms with Gasteiger partial charge >= 0.3 is 0 Å². The van der Waals surface area contributed by atoms with E-state index in [1.54, 1.807) is 0 Å². The van der Waals surface area contributed by atoms with Gasteiger partial charge in [0.1, 0.15) is 0 Å². The van der Waals surface area contributed by atoms with Gasteiger partial charge in [0.25, 0.3) is 0 Å². The molecule has 1 aliphatic heterocycles. The Morgan fingerprint density at radius 1 is 1.40 bits per heavy atom. The highest BCUT2D eigenvalue weighted by molar-refractivity contribution is 6.22. The Bertz CT molecular complexity index is 315. The Morgan fingerprint density at radius 2 is 2.27 bits per heavy atom. The van der Waals surface area contributed by atoms with Crippen LogP contribution in [-0.4, -0.2) is 29.3 Å². The maximum absolute atomic E-state index is 11.6. The summed E-state index contributed by atoms with van der Waals surface area (Å²) in [6, 6.07) is 0. The predicted octanol–water partition coefficient (Wildman–Crippen LogP) is 2.04. The molecule has 0 N–H and O–H groups in total.